The van der Waals surface area contributed by atoms with Crippen molar-refractivity contribution >= 4 is 53.8 Å². The van der Waals surface area contributed by atoms with Crippen LogP contribution in [0.4, 0.5) is 0 Å². The Morgan fingerprint density at radius 3 is 2.12 bits per heavy atom. The molecule has 0 N–H and O–H groups in total. The molecule has 8 heavy (non-hydrogen) atoms. The first-order valence-electron chi connectivity index (χ1n) is 1.78. The Morgan fingerprint density at radius 2 is 2.12 bits per heavy atom. The van der Waals surface area contributed by atoms with Gasteiger partial charge >= 0.3 is 0 Å². The molecule has 0 aliphatic heterocycles. The van der Waals surface area contributed by atoms with E-state index in [1.54, 1.807) is 6.92 Å². The molecular weight excluding hydrogens is 185 g/mol. The number of thiol groups is 2. The maximum atomic E-state index is 5.54. The molecule has 0 aromatic carbocycles. The second-order valence-corrected chi connectivity index (χ2v) is 3.82. The van der Waals surface area contributed by atoms with Crippen molar-refractivity contribution in [3.63, 3.8) is 0 Å². The van der Waals surface area contributed by atoms with Crippen LogP contribution >= 0.6 is 48.6 Å². The summed E-state index contributed by atoms with van der Waals surface area (Å²) in [6.45, 7) is 1.61. The molecule has 5 heteroatoms. The summed E-state index contributed by atoms with van der Waals surface area (Å²) >= 11 is 18.4. The van der Waals surface area contributed by atoms with Gasteiger partial charge in [-0.15, -0.1) is 12.6 Å². The van der Waals surface area contributed by atoms with Crippen LogP contribution in [0.15, 0.2) is 4.40 Å². The van der Waals surface area contributed by atoms with Crippen molar-refractivity contribution in [3.8, 4) is 0 Å². The zero-order valence-corrected chi connectivity index (χ0v) is 7.40. The van der Waals surface area contributed by atoms with E-state index < -0.39 is 4.21 Å². The van der Waals surface area contributed by atoms with Gasteiger partial charge in [-0.1, -0.05) is 23.2 Å². The van der Waals surface area contributed by atoms with Gasteiger partial charge in [0.05, 0.1) is 0 Å². The van der Waals surface area contributed by atoms with Crippen LogP contribution in [0.2, 0.25) is 0 Å². The van der Waals surface area contributed by atoms with Crippen LogP contribution in [0.25, 0.3) is 0 Å². The normalized spacial score (nSPS) is 20.4. The number of halogens is 2. The first-order chi connectivity index (χ1) is 3.48. The van der Waals surface area contributed by atoms with Crippen molar-refractivity contribution in [2.45, 2.75) is 11.1 Å². The summed E-state index contributed by atoms with van der Waals surface area (Å²) in [5.74, 6) is 0. The predicted octanol–water partition coefficient (Wildman–Crippen LogP) is 2.35. The van der Waals surface area contributed by atoms with Gasteiger partial charge in [0.25, 0.3) is 0 Å². The van der Waals surface area contributed by atoms with E-state index in [4.69, 9.17) is 23.2 Å². The van der Waals surface area contributed by atoms with Gasteiger partial charge in [-0.3, -0.25) is 0 Å². The highest BCUT2D eigenvalue weighted by Crippen LogP contribution is 2.23. The Balaban J connectivity index is 4.03. The van der Waals surface area contributed by atoms with E-state index in [0.717, 1.165) is 0 Å². The van der Waals surface area contributed by atoms with Crippen LogP contribution in [-0.2, 0) is 0 Å². The molecule has 1 unspecified atom stereocenters. The second kappa shape index (κ2) is 3.20. The number of hydrogen-bond donors (Lipinski definition) is 2. The minimum atomic E-state index is -0.886. The van der Waals surface area contributed by atoms with Crippen LogP contribution < -0.4 is 0 Å². The van der Waals surface area contributed by atoms with Crippen LogP contribution in [0.1, 0.15) is 6.92 Å². The second-order valence-electron chi connectivity index (χ2n) is 1.34. The molecule has 0 heterocycles. The average molecular weight is 190 g/mol. The molecule has 0 aromatic heterocycles. The lowest BCUT2D eigenvalue weighted by molar-refractivity contribution is 1.24. The van der Waals surface area contributed by atoms with Crippen molar-refractivity contribution in [1.82, 2.24) is 0 Å². The van der Waals surface area contributed by atoms with Crippen molar-refractivity contribution in [2.24, 2.45) is 4.40 Å². The van der Waals surface area contributed by atoms with Gasteiger partial charge in [-0.2, -0.15) is 0 Å². The molecule has 0 bridgehead atoms. The monoisotopic (exact) mass is 189 g/mol. The van der Waals surface area contributed by atoms with Gasteiger partial charge < -0.3 is 0 Å². The lowest BCUT2D eigenvalue weighted by atomic mass is 10.5. The summed E-state index contributed by atoms with van der Waals surface area (Å²) in [7, 11) is 0. The Hall–Kier alpha value is 0.950. The molecular formula is C3H5Cl2NS2. The van der Waals surface area contributed by atoms with E-state index in [-0.39, 0.29) is 5.17 Å². The smallest absolute Gasteiger partial charge is 0.144 e. The summed E-state index contributed by atoms with van der Waals surface area (Å²) in [6.07, 6.45) is 0. The van der Waals surface area contributed by atoms with Crippen LogP contribution in [-0.4, -0.2) is 9.38 Å². The molecule has 0 aromatic rings. The Bertz CT molecular complexity index is 106. The zero-order chi connectivity index (χ0) is 6.78. The highest BCUT2D eigenvalue weighted by molar-refractivity contribution is 7.85. The van der Waals surface area contributed by atoms with Gasteiger partial charge in [0.1, 0.15) is 9.38 Å². The SMILES string of the molecule is CC(S)(Cl)C(Cl)=NS. The summed E-state index contributed by atoms with van der Waals surface area (Å²) in [5.41, 5.74) is 0. The molecule has 0 aliphatic carbocycles. The van der Waals surface area contributed by atoms with Crippen LogP contribution in [0, 0.1) is 0 Å². The van der Waals surface area contributed by atoms with Gasteiger partial charge in [0.2, 0.25) is 0 Å². The molecule has 0 radical (unpaired) electrons. The van der Waals surface area contributed by atoms with E-state index in [2.05, 4.69) is 29.8 Å². The molecule has 0 saturated carbocycles. The third-order valence-electron chi connectivity index (χ3n) is 0.464. The number of alkyl halides is 1. The molecule has 0 aliphatic rings. The van der Waals surface area contributed by atoms with Gasteiger partial charge in [0, 0.05) is 0 Å². The Morgan fingerprint density at radius 1 is 1.75 bits per heavy atom. The third-order valence-corrected chi connectivity index (χ3v) is 1.86. The van der Waals surface area contributed by atoms with Crippen molar-refractivity contribution in [3.05, 3.63) is 0 Å². The first kappa shape index (κ1) is 8.95. The Kier molecular flexibility index (Phi) is 3.58. The minimum absolute atomic E-state index is 0.172. The Labute approximate surface area is 69.4 Å². The lowest BCUT2D eigenvalue weighted by Gasteiger charge is -2.09. The summed E-state index contributed by atoms with van der Waals surface area (Å²) < 4.78 is 2.44. The average Bonchev–Trinajstić information content (AvgIpc) is 1.62. The summed E-state index contributed by atoms with van der Waals surface area (Å²) in [6, 6.07) is 0. The fourth-order valence-corrected chi connectivity index (χ4v) is 0.521. The fraction of sp³-hybridized carbons (Fsp3) is 0.667. The first-order valence-corrected chi connectivity index (χ1v) is 3.38. The van der Waals surface area contributed by atoms with E-state index in [1.165, 1.54) is 0 Å². The van der Waals surface area contributed by atoms with Crippen LogP contribution in [0.5, 0.6) is 0 Å². The molecule has 0 fully saturated rings. The quantitative estimate of drug-likeness (QED) is 0.358. The molecule has 0 spiro atoms. The van der Waals surface area contributed by atoms with Crippen molar-refractivity contribution in [1.29, 1.82) is 0 Å². The highest BCUT2D eigenvalue weighted by atomic mass is 35.5. The van der Waals surface area contributed by atoms with Gasteiger partial charge in [-0.05, 0) is 19.7 Å². The molecule has 1 nitrogen and oxygen atoms in total. The molecule has 1 atom stereocenters. The number of rotatable bonds is 1. The van der Waals surface area contributed by atoms with E-state index in [0.29, 0.717) is 0 Å². The number of hydrogen-bond acceptors (Lipinski definition) is 3. The standard InChI is InChI=1S/C3H5Cl2NS2/c1-3(5,7)2(4)6-8/h7-8H,1H3. The van der Waals surface area contributed by atoms with Crippen molar-refractivity contribution < 1.29 is 0 Å². The van der Waals surface area contributed by atoms with Crippen molar-refractivity contribution in [2.75, 3.05) is 0 Å². The number of nitrogens with zero attached hydrogens (tertiary/aromatic N) is 1. The van der Waals surface area contributed by atoms with E-state index >= 15 is 0 Å². The van der Waals surface area contributed by atoms with Crippen LogP contribution in [0.3, 0.4) is 0 Å². The van der Waals surface area contributed by atoms with Gasteiger partial charge in [-0.25, -0.2) is 4.40 Å². The van der Waals surface area contributed by atoms with E-state index in [1.807, 2.05) is 0 Å². The summed E-state index contributed by atoms with van der Waals surface area (Å²) in [4.78, 5) is 0. The molecule has 48 valence electrons. The molecule has 0 saturated heterocycles. The maximum absolute atomic E-state index is 5.54. The predicted molar refractivity (Wildman–Crippen MR) is 45.5 cm³/mol. The minimum Gasteiger partial charge on any atom is -0.209 e. The third kappa shape index (κ3) is 3.07. The highest BCUT2D eigenvalue weighted by Gasteiger charge is 2.20. The van der Waals surface area contributed by atoms with Gasteiger partial charge in [0.15, 0.2) is 0 Å². The molecule has 0 amide bonds. The largest absolute Gasteiger partial charge is 0.209 e. The zero-order valence-electron chi connectivity index (χ0n) is 4.10. The molecule has 0 rings (SSSR count). The lowest BCUT2D eigenvalue weighted by Crippen LogP contribution is -2.14. The maximum Gasteiger partial charge on any atom is 0.144 e. The summed E-state index contributed by atoms with van der Waals surface area (Å²) in [5, 5.41) is 0.172. The van der Waals surface area contributed by atoms with E-state index in [9.17, 15) is 0 Å². The fourth-order valence-electron chi connectivity index (χ4n) is 0.0913. The topological polar surface area (TPSA) is 12.4 Å².